The molecule has 0 bridgehead atoms. The van der Waals surface area contributed by atoms with Gasteiger partial charge in [-0.05, 0) is 38.0 Å². The Kier molecular flexibility index (Phi) is 6.68. The van der Waals surface area contributed by atoms with Crippen LogP contribution in [0, 0.1) is 29.1 Å². The molecule has 2 N–H and O–H groups in total. The fourth-order valence-electron chi connectivity index (χ4n) is 4.36. The molecule has 2 rings (SSSR count). The predicted octanol–water partition coefficient (Wildman–Crippen LogP) is 3.47. The molecule has 130 valence electrons. The van der Waals surface area contributed by atoms with Gasteiger partial charge in [-0.1, -0.05) is 51.4 Å². The molecule has 23 heavy (non-hydrogen) atoms. The molecule has 3 heteroatoms. The molecule has 0 amide bonds. The lowest BCUT2D eigenvalue weighted by molar-refractivity contribution is -0.160. The van der Waals surface area contributed by atoms with Crippen molar-refractivity contribution in [3.63, 3.8) is 0 Å². The summed E-state index contributed by atoms with van der Waals surface area (Å²) in [6.07, 6.45) is 8.37. The second-order valence-electron chi connectivity index (χ2n) is 7.38. The lowest BCUT2D eigenvalue weighted by atomic mass is 9.48. The Morgan fingerprint density at radius 1 is 1.26 bits per heavy atom. The lowest BCUT2D eigenvalue weighted by Crippen LogP contribution is -2.58. The van der Waals surface area contributed by atoms with Crippen LogP contribution in [0.4, 0.5) is 0 Å². The SMILES string of the molecule is CCCCCCC[C@H](O)C#C[C@H]1[C@H](O)CC[C@]2(CC)C(=O)C[C@H]12. The van der Waals surface area contributed by atoms with E-state index in [1.807, 2.05) is 0 Å². The maximum atomic E-state index is 12.1. The first-order valence-electron chi connectivity index (χ1n) is 9.45. The first-order chi connectivity index (χ1) is 11.0. The van der Waals surface area contributed by atoms with Gasteiger partial charge in [0.25, 0.3) is 0 Å². The molecule has 0 radical (unpaired) electrons. The van der Waals surface area contributed by atoms with E-state index in [1.54, 1.807) is 0 Å². The summed E-state index contributed by atoms with van der Waals surface area (Å²) in [6, 6.07) is 0. The van der Waals surface area contributed by atoms with E-state index in [1.165, 1.54) is 19.3 Å². The monoisotopic (exact) mass is 320 g/mol. The fourth-order valence-corrected chi connectivity index (χ4v) is 4.36. The van der Waals surface area contributed by atoms with Crippen molar-refractivity contribution >= 4 is 5.78 Å². The third kappa shape index (κ3) is 3.98. The highest BCUT2D eigenvalue weighted by atomic mass is 16.3. The zero-order valence-electron chi connectivity index (χ0n) is 14.7. The van der Waals surface area contributed by atoms with Gasteiger partial charge in [0.15, 0.2) is 0 Å². The van der Waals surface area contributed by atoms with Crippen LogP contribution >= 0.6 is 0 Å². The highest BCUT2D eigenvalue weighted by molar-refractivity contribution is 5.91. The summed E-state index contributed by atoms with van der Waals surface area (Å²) in [6.45, 7) is 4.26. The summed E-state index contributed by atoms with van der Waals surface area (Å²) in [4.78, 5) is 12.1. The summed E-state index contributed by atoms with van der Waals surface area (Å²) in [7, 11) is 0. The minimum absolute atomic E-state index is 0.142. The van der Waals surface area contributed by atoms with Crippen LogP contribution in [0.5, 0.6) is 0 Å². The molecule has 2 saturated carbocycles. The van der Waals surface area contributed by atoms with Crippen LogP contribution in [0.2, 0.25) is 0 Å². The van der Waals surface area contributed by atoms with Crippen molar-refractivity contribution < 1.29 is 15.0 Å². The zero-order valence-corrected chi connectivity index (χ0v) is 14.7. The van der Waals surface area contributed by atoms with Crippen molar-refractivity contribution in [1.29, 1.82) is 0 Å². The molecule has 0 heterocycles. The molecular weight excluding hydrogens is 288 g/mol. The molecule has 0 aliphatic heterocycles. The third-order valence-electron chi connectivity index (χ3n) is 6.03. The molecule has 0 spiro atoms. The van der Waals surface area contributed by atoms with Crippen molar-refractivity contribution in [3.05, 3.63) is 0 Å². The minimum Gasteiger partial charge on any atom is -0.392 e. The minimum atomic E-state index is -0.599. The van der Waals surface area contributed by atoms with E-state index in [-0.39, 0.29) is 17.3 Å². The van der Waals surface area contributed by atoms with Gasteiger partial charge in [0.2, 0.25) is 0 Å². The number of hydrogen-bond donors (Lipinski definition) is 2. The number of fused-ring (bicyclic) bond motifs is 1. The molecule has 2 fully saturated rings. The number of unbranched alkanes of at least 4 members (excludes halogenated alkanes) is 4. The van der Waals surface area contributed by atoms with Crippen LogP contribution in [0.15, 0.2) is 0 Å². The molecule has 5 atom stereocenters. The van der Waals surface area contributed by atoms with Gasteiger partial charge >= 0.3 is 0 Å². The average Bonchev–Trinajstić information content (AvgIpc) is 2.54. The average molecular weight is 320 g/mol. The van der Waals surface area contributed by atoms with E-state index in [2.05, 4.69) is 25.7 Å². The summed E-state index contributed by atoms with van der Waals surface area (Å²) < 4.78 is 0. The molecule has 0 aromatic carbocycles. The van der Waals surface area contributed by atoms with Crippen molar-refractivity contribution in [3.8, 4) is 11.8 Å². The fraction of sp³-hybridized carbons (Fsp3) is 0.850. The number of aliphatic hydroxyl groups is 2. The highest BCUT2D eigenvalue weighted by Crippen LogP contribution is 2.57. The molecule has 0 unspecified atom stereocenters. The second kappa shape index (κ2) is 8.31. The summed E-state index contributed by atoms with van der Waals surface area (Å²) in [5.74, 6) is 6.47. The topological polar surface area (TPSA) is 57.5 Å². The molecule has 3 nitrogen and oxygen atoms in total. The third-order valence-corrected chi connectivity index (χ3v) is 6.03. The van der Waals surface area contributed by atoms with Crippen LogP contribution in [-0.2, 0) is 4.79 Å². The Bertz CT molecular complexity index is 461. The number of hydrogen-bond acceptors (Lipinski definition) is 3. The number of rotatable bonds is 7. The van der Waals surface area contributed by atoms with E-state index in [0.29, 0.717) is 25.0 Å². The van der Waals surface area contributed by atoms with Crippen LogP contribution in [0.25, 0.3) is 0 Å². The highest BCUT2D eigenvalue weighted by Gasteiger charge is 2.59. The zero-order chi connectivity index (χ0) is 16.9. The van der Waals surface area contributed by atoms with Gasteiger partial charge in [-0.25, -0.2) is 0 Å². The molecule has 2 aliphatic rings. The Hall–Kier alpha value is -0.850. The molecule has 2 aliphatic carbocycles. The Balaban J connectivity index is 1.87. The van der Waals surface area contributed by atoms with Crippen LogP contribution in [-0.4, -0.2) is 28.2 Å². The van der Waals surface area contributed by atoms with E-state index in [9.17, 15) is 15.0 Å². The van der Waals surface area contributed by atoms with Crippen molar-refractivity contribution in [2.45, 2.75) is 90.3 Å². The largest absolute Gasteiger partial charge is 0.392 e. The van der Waals surface area contributed by atoms with Gasteiger partial charge in [0, 0.05) is 11.8 Å². The van der Waals surface area contributed by atoms with Gasteiger partial charge in [0.1, 0.15) is 11.9 Å². The normalized spacial score (nSPS) is 34.1. The van der Waals surface area contributed by atoms with Gasteiger partial charge in [-0.15, -0.1) is 0 Å². The van der Waals surface area contributed by atoms with Crippen molar-refractivity contribution in [1.82, 2.24) is 0 Å². The first kappa shape index (κ1) is 18.5. The molecular formula is C20H32O3. The van der Waals surface area contributed by atoms with Gasteiger partial charge in [-0.2, -0.15) is 0 Å². The summed E-state index contributed by atoms with van der Waals surface area (Å²) in [5, 5.41) is 20.3. The number of ketones is 1. The maximum absolute atomic E-state index is 12.1. The van der Waals surface area contributed by atoms with Crippen molar-refractivity contribution in [2.24, 2.45) is 17.3 Å². The summed E-state index contributed by atoms with van der Waals surface area (Å²) in [5.41, 5.74) is -0.232. The van der Waals surface area contributed by atoms with Crippen LogP contribution < -0.4 is 0 Å². The van der Waals surface area contributed by atoms with E-state index in [0.717, 1.165) is 25.7 Å². The van der Waals surface area contributed by atoms with E-state index < -0.39 is 12.2 Å². The predicted molar refractivity (Wildman–Crippen MR) is 91.7 cm³/mol. The second-order valence-corrected chi connectivity index (χ2v) is 7.38. The Morgan fingerprint density at radius 2 is 2.00 bits per heavy atom. The molecule has 0 aromatic rings. The van der Waals surface area contributed by atoms with E-state index >= 15 is 0 Å². The lowest BCUT2D eigenvalue weighted by Gasteiger charge is -2.54. The Labute approximate surface area is 140 Å². The van der Waals surface area contributed by atoms with Gasteiger partial charge < -0.3 is 10.2 Å². The Morgan fingerprint density at radius 3 is 2.65 bits per heavy atom. The molecule has 0 aromatic heterocycles. The number of aliphatic hydroxyl groups excluding tert-OH is 2. The quantitative estimate of drug-likeness (QED) is 0.558. The van der Waals surface area contributed by atoms with Gasteiger partial charge in [-0.3, -0.25) is 4.79 Å². The number of carbonyl (C=O) groups is 1. The molecule has 0 saturated heterocycles. The summed E-state index contributed by atoms with van der Waals surface area (Å²) >= 11 is 0. The number of Topliss-reactive ketones (excluding diaryl/α,β-unsaturated/α-hetero) is 1. The van der Waals surface area contributed by atoms with Crippen LogP contribution in [0.1, 0.15) is 78.1 Å². The van der Waals surface area contributed by atoms with Crippen LogP contribution in [0.3, 0.4) is 0 Å². The van der Waals surface area contributed by atoms with Crippen molar-refractivity contribution in [2.75, 3.05) is 0 Å². The first-order valence-corrected chi connectivity index (χ1v) is 9.45. The van der Waals surface area contributed by atoms with Gasteiger partial charge in [0.05, 0.1) is 12.0 Å². The smallest absolute Gasteiger partial charge is 0.139 e. The number of carbonyl (C=O) groups excluding carboxylic acids is 1. The standard InChI is InChI=1S/C20H32O3/c1-3-5-6-7-8-9-15(21)10-11-16-17-14-19(23)20(17,4-2)13-12-18(16)22/h15-18,21-22H,3-9,12-14H2,1-2H3/t15-,16+,17+,18+,20-/m0/s1. The maximum Gasteiger partial charge on any atom is 0.139 e. The van der Waals surface area contributed by atoms with E-state index in [4.69, 9.17) is 0 Å².